The van der Waals surface area contributed by atoms with Gasteiger partial charge in [-0.05, 0) is 89.1 Å². The molecule has 0 bridgehead atoms. The van der Waals surface area contributed by atoms with Crippen molar-refractivity contribution in [2.75, 3.05) is 0 Å². The summed E-state index contributed by atoms with van der Waals surface area (Å²) in [6.07, 6.45) is 2.35. The van der Waals surface area contributed by atoms with Crippen molar-refractivity contribution in [3.05, 3.63) is 94.0 Å². The van der Waals surface area contributed by atoms with Gasteiger partial charge < -0.3 is 4.74 Å². The maximum Gasteiger partial charge on any atom is 0.346 e. The first kappa shape index (κ1) is 23.0. The topological polar surface area (TPSA) is 43.4 Å². The molecule has 3 heteroatoms. The molecule has 0 atom stereocenters. The van der Waals surface area contributed by atoms with Crippen LogP contribution in [0, 0.1) is 13.8 Å². The summed E-state index contributed by atoms with van der Waals surface area (Å²) in [6.45, 7) is 13.3. The number of hydrogen-bond donors (Lipinski definition) is 0. The van der Waals surface area contributed by atoms with Crippen LogP contribution in [0.3, 0.4) is 0 Å². The Bertz CT molecular complexity index is 1230. The second kappa shape index (κ2) is 8.30. The summed E-state index contributed by atoms with van der Waals surface area (Å²) in [5.74, 6) is -1.27. The summed E-state index contributed by atoms with van der Waals surface area (Å²) in [4.78, 5) is 24.9. The molecule has 0 spiro atoms. The van der Waals surface area contributed by atoms with Crippen LogP contribution in [0.2, 0.25) is 0 Å². The fraction of sp³-hybridized carbons (Fsp3) is 0.333. The first-order chi connectivity index (χ1) is 15.5. The predicted octanol–water partition coefficient (Wildman–Crippen LogP) is 7.32. The highest BCUT2D eigenvalue weighted by Gasteiger charge is 2.37. The van der Waals surface area contributed by atoms with Gasteiger partial charge in [-0.1, -0.05) is 70.2 Å². The van der Waals surface area contributed by atoms with E-state index in [9.17, 15) is 9.59 Å². The molecule has 3 aromatic carbocycles. The number of ether oxygens (including phenoxy) is 1. The minimum atomic E-state index is -0.639. The smallest absolute Gasteiger partial charge is 0.346 e. The minimum absolute atomic E-state index is 0.132. The Morgan fingerprint density at radius 3 is 1.91 bits per heavy atom. The van der Waals surface area contributed by atoms with Gasteiger partial charge in [0, 0.05) is 0 Å². The molecule has 0 heterocycles. The van der Waals surface area contributed by atoms with E-state index in [1.165, 1.54) is 28.7 Å². The van der Waals surface area contributed by atoms with Crippen LogP contribution in [0.1, 0.15) is 83.5 Å². The molecular formula is C30H32O3. The van der Waals surface area contributed by atoms with Gasteiger partial charge >= 0.3 is 11.9 Å². The minimum Gasteiger partial charge on any atom is -0.386 e. The summed E-state index contributed by atoms with van der Waals surface area (Å²) in [7, 11) is 0. The fourth-order valence-electron chi connectivity index (χ4n) is 4.82. The Kier molecular flexibility index (Phi) is 5.78. The lowest BCUT2D eigenvalue weighted by molar-refractivity contribution is 0.0397. The van der Waals surface area contributed by atoms with Crippen molar-refractivity contribution in [3.63, 3.8) is 0 Å². The number of esters is 2. The van der Waals surface area contributed by atoms with E-state index in [1.54, 1.807) is 24.3 Å². The molecule has 0 aliphatic heterocycles. The molecule has 1 aliphatic carbocycles. The Morgan fingerprint density at radius 2 is 1.30 bits per heavy atom. The number of carbonyl (C=O) groups excluding carboxylic acids is 2. The van der Waals surface area contributed by atoms with E-state index in [2.05, 4.69) is 46.8 Å². The predicted molar refractivity (Wildman–Crippen MR) is 133 cm³/mol. The van der Waals surface area contributed by atoms with E-state index in [1.807, 2.05) is 31.2 Å². The number of fused-ring (bicyclic) bond motifs is 1. The van der Waals surface area contributed by atoms with Crippen molar-refractivity contribution in [2.24, 2.45) is 0 Å². The number of aryl methyl sites for hydroxylation is 2. The second-order valence-corrected chi connectivity index (χ2v) is 10.5. The SMILES string of the molecule is Cc1ccccc1C(=O)OC(=O)c1ccc(-c2cc3c(cc2C)C(C)(C)CCC3(C)C)cc1. The lowest BCUT2D eigenvalue weighted by atomic mass is 9.62. The highest BCUT2D eigenvalue weighted by atomic mass is 16.6. The highest BCUT2D eigenvalue weighted by molar-refractivity contribution is 6.03. The van der Waals surface area contributed by atoms with Gasteiger partial charge in [0.1, 0.15) is 0 Å². The molecule has 33 heavy (non-hydrogen) atoms. The van der Waals surface area contributed by atoms with Gasteiger partial charge in [0.15, 0.2) is 0 Å². The zero-order valence-electron chi connectivity index (χ0n) is 20.4. The molecule has 0 unspecified atom stereocenters. The third-order valence-electron chi connectivity index (χ3n) is 7.18. The third kappa shape index (κ3) is 4.37. The summed E-state index contributed by atoms with van der Waals surface area (Å²) in [6, 6.07) is 19.1. The third-order valence-corrected chi connectivity index (χ3v) is 7.18. The molecule has 4 rings (SSSR count). The van der Waals surface area contributed by atoms with Crippen molar-refractivity contribution >= 4 is 11.9 Å². The van der Waals surface area contributed by atoms with Crippen LogP contribution in [0.5, 0.6) is 0 Å². The van der Waals surface area contributed by atoms with Crippen molar-refractivity contribution in [1.82, 2.24) is 0 Å². The fourth-order valence-corrected chi connectivity index (χ4v) is 4.82. The first-order valence-electron chi connectivity index (χ1n) is 11.6. The van der Waals surface area contributed by atoms with E-state index in [0.29, 0.717) is 11.1 Å². The van der Waals surface area contributed by atoms with Crippen molar-refractivity contribution < 1.29 is 14.3 Å². The number of carbonyl (C=O) groups is 2. The van der Waals surface area contributed by atoms with Crippen LogP contribution in [0.25, 0.3) is 11.1 Å². The van der Waals surface area contributed by atoms with Crippen LogP contribution >= 0.6 is 0 Å². The average molecular weight is 441 g/mol. The van der Waals surface area contributed by atoms with Crippen molar-refractivity contribution in [2.45, 2.75) is 65.2 Å². The maximum absolute atomic E-state index is 12.6. The molecular weight excluding hydrogens is 408 g/mol. The van der Waals surface area contributed by atoms with Gasteiger partial charge in [-0.3, -0.25) is 0 Å². The molecule has 0 saturated heterocycles. The molecule has 170 valence electrons. The summed E-state index contributed by atoms with van der Waals surface area (Å²) >= 11 is 0. The monoisotopic (exact) mass is 440 g/mol. The van der Waals surface area contributed by atoms with Crippen LogP contribution in [-0.4, -0.2) is 11.9 Å². The Morgan fingerprint density at radius 1 is 0.727 bits per heavy atom. The van der Waals surface area contributed by atoms with Crippen molar-refractivity contribution in [1.29, 1.82) is 0 Å². The molecule has 0 fully saturated rings. The first-order valence-corrected chi connectivity index (χ1v) is 11.6. The highest BCUT2D eigenvalue weighted by Crippen LogP contribution is 2.47. The lowest BCUT2D eigenvalue weighted by Crippen LogP contribution is -2.34. The molecule has 0 aromatic heterocycles. The molecule has 0 saturated carbocycles. The van der Waals surface area contributed by atoms with Gasteiger partial charge in [0.2, 0.25) is 0 Å². The van der Waals surface area contributed by atoms with E-state index >= 15 is 0 Å². The zero-order valence-corrected chi connectivity index (χ0v) is 20.4. The van der Waals surface area contributed by atoms with Crippen LogP contribution in [0.4, 0.5) is 0 Å². The summed E-state index contributed by atoms with van der Waals surface area (Å²) in [5.41, 5.74) is 8.14. The zero-order chi connectivity index (χ0) is 24.0. The number of hydrogen-bond acceptors (Lipinski definition) is 3. The van der Waals surface area contributed by atoms with Crippen molar-refractivity contribution in [3.8, 4) is 11.1 Å². The Hall–Kier alpha value is -3.20. The average Bonchev–Trinajstić information content (AvgIpc) is 2.77. The van der Waals surface area contributed by atoms with Gasteiger partial charge in [-0.25, -0.2) is 9.59 Å². The standard InChI is InChI=1S/C30H32O3/c1-19-9-7-8-10-23(19)28(32)33-27(31)22-13-11-21(12-14-22)24-18-26-25(17-20(24)2)29(3,4)15-16-30(26,5)6/h7-14,17-18H,15-16H2,1-6H3. The maximum atomic E-state index is 12.6. The van der Waals surface area contributed by atoms with Gasteiger partial charge in [-0.15, -0.1) is 0 Å². The largest absolute Gasteiger partial charge is 0.386 e. The molecule has 0 N–H and O–H groups in total. The number of rotatable bonds is 3. The molecule has 0 amide bonds. The number of benzene rings is 3. The van der Waals surface area contributed by atoms with Crippen LogP contribution < -0.4 is 0 Å². The molecule has 3 nitrogen and oxygen atoms in total. The van der Waals surface area contributed by atoms with Gasteiger partial charge in [-0.2, -0.15) is 0 Å². The van der Waals surface area contributed by atoms with E-state index < -0.39 is 11.9 Å². The lowest BCUT2D eigenvalue weighted by Gasteiger charge is -2.42. The molecule has 1 aliphatic rings. The van der Waals surface area contributed by atoms with E-state index in [-0.39, 0.29) is 10.8 Å². The van der Waals surface area contributed by atoms with E-state index in [4.69, 9.17) is 4.74 Å². The van der Waals surface area contributed by atoms with E-state index in [0.717, 1.165) is 17.5 Å². The van der Waals surface area contributed by atoms with Gasteiger partial charge in [0.25, 0.3) is 0 Å². The normalized spacial score (nSPS) is 16.1. The van der Waals surface area contributed by atoms with Gasteiger partial charge in [0.05, 0.1) is 11.1 Å². The second-order valence-electron chi connectivity index (χ2n) is 10.5. The summed E-state index contributed by atoms with van der Waals surface area (Å²) < 4.78 is 5.12. The summed E-state index contributed by atoms with van der Waals surface area (Å²) in [5, 5.41) is 0. The quantitative estimate of drug-likeness (QED) is 0.317. The molecule has 0 radical (unpaired) electrons. The van der Waals surface area contributed by atoms with Crippen LogP contribution in [-0.2, 0) is 15.6 Å². The Balaban J connectivity index is 1.61. The Labute approximate surface area is 196 Å². The molecule has 3 aromatic rings. The van der Waals surface area contributed by atoms with Crippen LogP contribution in [0.15, 0.2) is 60.7 Å².